The number of fused-ring (bicyclic) bond motifs is 7. The van der Waals surface area contributed by atoms with Crippen molar-refractivity contribution in [3.63, 3.8) is 0 Å². The van der Waals surface area contributed by atoms with Gasteiger partial charge in [0.15, 0.2) is 28.8 Å². The second kappa shape index (κ2) is 25.1. The number of H-pyrrole nitrogens is 1. The molecular weight excluding hydrogens is 1210 g/mol. The number of nitro benzene ring substituents is 1. The zero-order valence-electron chi connectivity index (χ0n) is 48.4. The van der Waals surface area contributed by atoms with Gasteiger partial charge in [-0.15, -0.1) is 10.2 Å². The number of amides is 1. The van der Waals surface area contributed by atoms with E-state index in [1.54, 1.807) is 6.21 Å². The molecule has 0 aliphatic carbocycles. The van der Waals surface area contributed by atoms with Gasteiger partial charge in [-0.1, -0.05) is 96.0 Å². The van der Waals surface area contributed by atoms with Crippen LogP contribution in [0.1, 0.15) is 66.6 Å². The summed E-state index contributed by atoms with van der Waals surface area (Å²) in [7, 11) is 0. The van der Waals surface area contributed by atoms with Crippen LogP contribution in [0.3, 0.4) is 0 Å². The van der Waals surface area contributed by atoms with Gasteiger partial charge in [-0.2, -0.15) is 10.2 Å². The molecule has 0 unspecified atom stereocenters. The van der Waals surface area contributed by atoms with Crippen LogP contribution in [0.5, 0.6) is 11.5 Å². The number of carbonyl (C=O) groups excluding carboxylic acids is 1. The lowest BCUT2D eigenvalue weighted by Gasteiger charge is -2.10. The first-order valence-electron chi connectivity index (χ1n) is 27.6. The van der Waals surface area contributed by atoms with E-state index in [4.69, 9.17) is 45.0 Å². The summed E-state index contributed by atoms with van der Waals surface area (Å²) >= 11 is 6.23. The molecule has 0 spiro atoms. The first kappa shape index (κ1) is 58.2. The Balaban J connectivity index is 0.000000127. The number of anilines is 3. The number of nitrogens with zero attached hydrogens (tertiary/aromatic N) is 17. The SMILES string of the molecule is Cc1ccc(Cc2nc3nonc3nc2N/N=C/c2ccc(-c3ccc(C)c(Cl)c3)o2)cc1.Cc1cccc(Cc2nc3nonc3nc2N/N=C/c2cc3c(cc2[N+](=O)[O-])OCO3)c1C.Nc1nonc1C(=O)N=Nc1c2ccccc2c2nc3co[nH]c3nc12. The van der Waals surface area contributed by atoms with Crippen molar-refractivity contribution >= 4 is 114 Å². The minimum atomic E-state index is -0.772. The Morgan fingerprint density at radius 1 is 0.707 bits per heavy atom. The molecule has 31 nitrogen and oxygen atoms in total. The second-order valence-corrected chi connectivity index (χ2v) is 20.8. The molecule has 14 aromatic rings. The van der Waals surface area contributed by atoms with Gasteiger partial charge in [-0.3, -0.25) is 25.8 Å². The van der Waals surface area contributed by atoms with E-state index in [2.05, 4.69) is 126 Å². The van der Waals surface area contributed by atoms with E-state index in [1.165, 1.54) is 30.2 Å². The summed E-state index contributed by atoms with van der Waals surface area (Å²) in [6, 6.07) is 34.0. The summed E-state index contributed by atoms with van der Waals surface area (Å²) in [6.45, 7) is 8.09. The fraction of sp³-hybridized carbons (Fsp3) is 0.117. The van der Waals surface area contributed by atoms with Gasteiger partial charge in [0.2, 0.25) is 40.9 Å². The minimum absolute atomic E-state index is 0.00834. The zero-order chi connectivity index (χ0) is 63.4. The smallest absolute Gasteiger partial charge is 0.321 e. The first-order chi connectivity index (χ1) is 44.8. The largest absolute Gasteiger partial charge is 0.455 e. The second-order valence-electron chi connectivity index (χ2n) is 20.4. The van der Waals surface area contributed by atoms with Crippen LogP contribution in [0, 0.1) is 37.8 Å². The van der Waals surface area contributed by atoms with Crippen LogP contribution < -0.4 is 26.1 Å². The molecule has 6 aromatic carbocycles. The van der Waals surface area contributed by atoms with Crippen molar-refractivity contribution in [2.24, 2.45) is 20.4 Å². The standard InChI is InChI=1S/C24H19ClN6O2.C21H17N7O5.C15H8N8O3/c1-14-3-6-16(7-4-14)11-20-22(28-24-23(27-20)30-33-31-24)29-26-13-18-9-10-21(32-18)17-8-5-15(2)19(25)12-17;1-11-4-3-5-13(12(11)2)6-15-19(24-21-20(23-15)26-33-27-21)25-22-9-14-7-17-18(32-10-31-17)8-16(14)28(29)30;16-13-12(21-26-22-13)15(24)20-19-10-7-4-2-1-3-6(7)9-11(10)18-14-8(17-9)5-25-23-14/h3-10,12-13H,11H2,1-2H3,(H,28,29,31);3-5,7-9H,6,10H2,1-2H3,(H,24,25,27);1-5H,(H2,16,22)(H,18,23)/b26-13+;22-9+;. The highest BCUT2D eigenvalue weighted by Crippen LogP contribution is 2.40. The van der Waals surface area contributed by atoms with Crippen molar-refractivity contribution < 1.29 is 42.0 Å². The quantitative estimate of drug-likeness (QED) is 0.0340. The Morgan fingerprint density at radius 3 is 2.10 bits per heavy atom. The Morgan fingerprint density at radius 2 is 1.39 bits per heavy atom. The number of nitrogen functional groups attached to an aromatic ring is 1. The van der Waals surface area contributed by atoms with Crippen LogP contribution in [0.15, 0.2) is 159 Å². The number of carbonyl (C=O) groups is 1. The molecule has 1 amide bonds. The number of benzene rings is 5. The molecule has 32 heteroatoms. The van der Waals surface area contributed by atoms with Gasteiger partial charge in [-0.25, -0.2) is 48.9 Å². The van der Waals surface area contributed by atoms with Crippen molar-refractivity contribution in [1.29, 1.82) is 0 Å². The van der Waals surface area contributed by atoms with Crippen molar-refractivity contribution in [1.82, 2.24) is 66.0 Å². The summed E-state index contributed by atoms with van der Waals surface area (Å²) < 4.78 is 35.3. The number of azo groups is 1. The molecule has 1 aliphatic rings. The lowest BCUT2D eigenvalue weighted by molar-refractivity contribution is -0.385. The number of furan rings is 1. The molecule has 0 bridgehead atoms. The molecule has 456 valence electrons. The Hall–Kier alpha value is -12.8. The lowest BCUT2D eigenvalue weighted by Crippen LogP contribution is -2.05. The molecule has 0 radical (unpaired) electrons. The highest BCUT2D eigenvalue weighted by molar-refractivity contribution is 6.31. The van der Waals surface area contributed by atoms with Gasteiger partial charge in [0.1, 0.15) is 34.5 Å². The third kappa shape index (κ3) is 12.3. The molecule has 0 saturated heterocycles. The minimum Gasteiger partial charge on any atom is -0.455 e. The van der Waals surface area contributed by atoms with Gasteiger partial charge < -0.3 is 24.1 Å². The van der Waals surface area contributed by atoms with Crippen molar-refractivity contribution in [2.45, 2.75) is 40.5 Å². The Kier molecular flexibility index (Phi) is 15.9. The number of aromatic amines is 1. The number of aromatic nitrogens is 13. The van der Waals surface area contributed by atoms with Crippen LogP contribution in [0.25, 0.3) is 66.9 Å². The van der Waals surface area contributed by atoms with Crippen LogP contribution in [-0.2, 0) is 12.8 Å². The lowest BCUT2D eigenvalue weighted by atomic mass is 9.99. The Bertz CT molecular complexity index is 5230. The van der Waals surface area contributed by atoms with E-state index < -0.39 is 10.8 Å². The number of nitrogens with two attached hydrogens (primary N) is 1. The highest BCUT2D eigenvalue weighted by Gasteiger charge is 2.24. The number of hydrazone groups is 2. The fourth-order valence-electron chi connectivity index (χ4n) is 9.41. The summed E-state index contributed by atoms with van der Waals surface area (Å²) in [6.07, 6.45) is 5.36. The summed E-state index contributed by atoms with van der Waals surface area (Å²) in [4.78, 5) is 50.0. The van der Waals surface area contributed by atoms with Crippen molar-refractivity contribution in [3.05, 3.63) is 192 Å². The number of halogens is 1. The predicted molar refractivity (Wildman–Crippen MR) is 332 cm³/mol. The van der Waals surface area contributed by atoms with Crippen molar-refractivity contribution in [2.75, 3.05) is 23.4 Å². The molecule has 15 rings (SSSR count). The fourth-order valence-corrected chi connectivity index (χ4v) is 9.60. The molecule has 5 N–H and O–H groups in total. The number of ether oxygens (including phenoxy) is 2. The molecule has 0 atom stereocenters. The molecule has 9 heterocycles. The van der Waals surface area contributed by atoms with Crippen LogP contribution >= 0.6 is 11.6 Å². The normalized spacial score (nSPS) is 12.0. The molecule has 0 fully saturated rings. The van der Waals surface area contributed by atoms with Gasteiger partial charge in [0.25, 0.3) is 5.69 Å². The number of hydrogen-bond donors (Lipinski definition) is 4. The number of hydrogen-bond acceptors (Lipinski definition) is 28. The van der Waals surface area contributed by atoms with Gasteiger partial charge in [-0.05, 0) is 111 Å². The number of nitro groups is 1. The topological polar surface area (TPSA) is 414 Å². The number of aryl methyl sites for hydroxylation is 3. The van der Waals surface area contributed by atoms with Gasteiger partial charge in [0.05, 0.1) is 45.9 Å². The van der Waals surface area contributed by atoms with Crippen LogP contribution in [0.4, 0.5) is 28.8 Å². The number of rotatable bonds is 14. The third-order valence-corrected chi connectivity index (χ3v) is 14.8. The summed E-state index contributed by atoms with van der Waals surface area (Å²) in [5, 5.41) is 54.4. The average Bonchev–Trinajstić information content (AvgIpc) is 1.61. The molecule has 0 saturated carbocycles. The van der Waals surface area contributed by atoms with Crippen molar-refractivity contribution in [3.8, 4) is 22.8 Å². The maximum atomic E-state index is 12.1. The van der Waals surface area contributed by atoms with Gasteiger partial charge in [0, 0.05) is 34.2 Å². The highest BCUT2D eigenvalue weighted by atomic mass is 35.5. The van der Waals surface area contributed by atoms with E-state index in [9.17, 15) is 14.9 Å². The first-order valence-corrected chi connectivity index (χ1v) is 27.9. The van der Waals surface area contributed by atoms with E-state index in [1.807, 2.05) is 100 Å². The summed E-state index contributed by atoms with van der Waals surface area (Å²) in [5.41, 5.74) is 23.6. The van der Waals surface area contributed by atoms with E-state index in [0.717, 1.165) is 44.2 Å². The van der Waals surface area contributed by atoms with E-state index in [-0.39, 0.29) is 40.8 Å². The summed E-state index contributed by atoms with van der Waals surface area (Å²) in [5.74, 6) is 1.88. The van der Waals surface area contributed by atoms with E-state index in [0.29, 0.717) is 103 Å². The van der Waals surface area contributed by atoms with E-state index >= 15 is 0 Å². The van der Waals surface area contributed by atoms with Crippen LogP contribution in [0.2, 0.25) is 5.02 Å². The maximum absolute atomic E-state index is 12.1. The Labute approximate surface area is 519 Å². The molecular formula is C60H44ClN21O10. The zero-order valence-corrected chi connectivity index (χ0v) is 49.1. The molecule has 8 aromatic heterocycles. The average molecular weight is 1250 g/mol. The van der Waals surface area contributed by atoms with Crippen LogP contribution in [-0.4, -0.2) is 96.1 Å². The van der Waals surface area contributed by atoms with Gasteiger partial charge >= 0.3 is 5.91 Å². The maximum Gasteiger partial charge on any atom is 0.321 e. The molecule has 92 heavy (non-hydrogen) atoms. The third-order valence-electron chi connectivity index (χ3n) is 14.3. The number of nitrogens with one attached hydrogen (secondary N) is 3. The monoisotopic (exact) mass is 1250 g/mol. The molecule has 1 aliphatic heterocycles. The predicted octanol–water partition coefficient (Wildman–Crippen LogP) is 11.6.